The van der Waals surface area contributed by atoms with E-state index in [4.69, 9.17) is 5.11 Å². The van der Waals surface area contributed by atoms with Crippen molar-refractivity contribution >= 4 is 24.3 Å². The molecule has 1 atom stereocenters. The maximum atomic E-state index is 12.2. The molecule has 1 saturated carbocycles. The molecule has 1 heterocycles. The molecule has 1 aliphatic carbocycles. The summed E-state index contributed by atoms with van der Waals surface area (Å²) in [6.45, 7) is 3.15. The Bertz CT molecular complexity index is 444. The first-order valence-corrected chi connectivity index (χ1v) is 10.5. The van der Waals surface area contributed by atoms with Gasteiger partial charge in [-0.15, -0.1) is 12.4 Å². The van der Waals surface area contributed by atoms with Crippen LogP contribution in [0.1, 0.15) is 64.2 Å². The van der Waals surface area contributed by atoms with Crippen molar-refractivity contribution in [1.82, 2.24) is 15.1 Å². The van der Waals surface area contributed by atoms with E-state index in [2.05, 4.69) is 10.2 Å². The minimum Gasteiger partial charge on any atom is -0.480 e. The van der Waals surface area contributed by atoms with Crippen LogP contribution in [0.15, 0.2) is 0 Å². The number of nitrogens with zero attached hydrogens (tertiary/aromatic N) is 2. The van der Waals surface area contributed by atoms with E-state index >= 15 is 0 Å². The number of nitrogens with one attached hydrogen (secondary N) is 1. The van der Waals surface area contributed by atoms with E-state index < -0.39 is 5.97 Å². The monoisotopic (exact) mass is 403 g/mol. The van der Waals surface area contributed by atoms with Gasteiger partial charge in [0.05, 0.1) is 13.1 Å². The number of carbonyl (C=O) groups excluding carboxylic acids is 1. The minimum absolute atomic E-state index is 0. The normalized spacial score (nSPS) is 22.1. The third kappa shape index (κ3) is 9.77. The van der Waals surface area contributed by atoms with E-state index in [0.29, 0.717) is 12.6 Å². The van der Waals surface area contributed by atoms with Gasteiger partial charge in [-0.1, -0.05) is 32.1 Å². The second-order valence-corrected chi connectivity index (χ2v) is 8.17. The predicted octanol–water partition coefficient (Wildman–Crippen LogP) is 2.76. The number of carboxylic acids is 1. The van der Waals surface area contributed by atoms with Crippen molar-refractivity contribution in [2.45, 2.75) is 70.3 Å². The van der Waals surface area contributed by atoms with E-state index in [1.807, 2.05) is 11.9 Å². The molecule has 7 heteroatoms. The van der Waals surface area contributed by atoms with Crippen LogP contribution >= 0.6 is 12.4 Å². The average molecular weight is 404 g/mol. The maximum Gasteiger partial charge on any atom is 0.317 e. The first-order chi connectivity index (χ1) is 12.5. The molecule has 2 aliphatic rings. The van der Waals surface area contributed by atoms with Gasteiger partial charge in [-0.2, -0.15) is 0 Å². The molecule has 0 aromatic rings. The lowest BCUT2D eigenvalue weighted by Gasteiger charge is -2.25. The second-order valence-electron chi connectivity index (χ2n) is 8.17. The fourth-order valence-corrected chi connectivity index (χ4v) is 4.43. The average Bonchev–Trinajstić information content (AvgIpc) is 2.85. The van der Waals surface area contributed by atoms with Crippen LogP contribution < -0.4 is 5.32 Å². The lowest BCUT2D eigenvalue weighted by Crippen LogP contribution is -2.39. The molecule has 0 aromatic heterocycles. The van der Waals surface area contributed by atoms with Crippen LogP contribution in [0.2, 0.25) is 0 Å². The van der Waals surface area contributed by atoms with Crippen LogP contribution in [0.4, 0.5) is 0 Å². The Morgan fingerprint density at radius 1 is 1.07 bits per heavy atom. The molecule has 1 amide bonds. The van der Waals surface area contributed by atoms with Crippen molar-refractivity contribution in [1.29, 1.82) is 0 Å². The van der Waals surface area contributed by atoms with E-state index in [1.165, 1.54) is 38.5 Å². The summed E-state index contributed by atoms with van der Waals surface area (Å²) in [5.41, 5.74) is 0. The van der Waals surface area contributed by atoms with Crippen LogP contribution in [-0.4, -0.2) is 72.6 Å². The molecule has 1 aliphatic heterocycles. The number of carboxylic acid groups (broad SMARTS) is 1. The van der Waals surface area contributed by atoms with Crippen molar-refractivity contribution in [2.24, 2.45) is 5.92 Å². The Hall–Kier alpha value is -0.850. The van der Waals surface area contributed by atoms with E-state index in [9.17, 15) is 9.59 Å². The summed E-state index contributed by atoms with van der Waals surface area (Å²) < 4.78 is 0. The highest BCUT2D eigenvalue weighted by molar-refractivity contribution is 5.85. The summed E-state index contributed by atoms with van der Waals surface area (Å²) in [6, 6.07) is 0.301. The molecular weight excluding hydrogens is 366 g/mol. The summed E-state index contributed by atoms with van der Waals surface area (Å²) in [5, 5.41) is 12.0. The van der Waals surface area contributed by atoms with Crippen LogP contribution in [0.5, 0.6) is 0 Å². The van der Waals surface area contributed by atoms with Crippen molar-refractivity contribution in [3.8, 4) is 0 Å². The van der Waals surface area contributed by atoms with Gasteiger partial charge in [0.25, 0.3) is 0 Å². The van der Waals surface area contributed by atoms with E-state index in [1.54, 1.807) is 0 Å². The SMILES string of the molecule is CN(CC(=O)O)C1CCCN(CC(=O)NCCCC2CCCCC2)CC1.Cl. The van der Waals surface area contributed by atoms with E-state index in [0.717, 1.165) is 51.2 Å². The molecule has 1 saturated heterocycles. The third-order valence-corrected chi connectivity index (χ3v) is 6.00. The van der Waals surface area contributed by atoms with Crippen molar-refractivity contribution in [3.63, 3.8) is 0 Å². The number of rotatable bonds is 9. The number of likely N-dealkylation sites (N-methyl/N-ethyl adjacent to an activating group) is 1. The highest BCUT2D eigenvalue weighted by Gasteiger charge is 2.22. The largest absolute Gasteiger partial charge is 0.480 e. The van der Waals surface area contributed by atoms with E-state index in [-0.39, 0.29) is 24.9 Å². The number of hydrogen-bond acceptors (Lipinski definition) is 4. The number of halogens is 1. The van der Waals surface area contributed by atoms with Gasteiger partial charge in [0.1, 0.15) is 0 Å². The van der Waals surface area contributed by atoms with Crippen LogP contribution in [-0.2, 0) is 9.59 Å². The molecule has 2 fully saturated rings. The molecule has 0 aromatic carbocycles. The van der Waals surface area contributed by atoms with Crippen molar-refractivity contribution < 1.29 is 14.7 Å². The Balaban J connectivity index is 0.00000364. The van der Waals surface area contributed by atoms with Gasteiger partial charge in [0, 0.05) is 19.1 Å². The maximum absolute atomic E-state index is 12.2. The molecule has 27 heavy (non-hydrogen) atoms. The van der Waals surface area contributed by atoms with Gasteiger partial charge in [-0.3, -0.25) is 19.4 Å². The van der Waals surface area contributed by atoms with Crippen molar-refractivity contribution in [3.05, 3.63) is 0 Å². The summed E-state index contributed by atoms with van der Waals surface area (Å²) >= 11 is 0. The smallest absolute Gasteiger partial charge is 0.317 e. The fourth-order valence-electron chi connectivity index (χ4n) is 4.43. The summed E-state index contributed by atoms with van der Waals surface area (Å²) in [7, 11) is 1.88. The number of aliphatic carboxylic acids is 1. The number of hydrogen-bond donors (Lipinski definition) is 2. The topological polar surface area (TPSA) is 72.9 Å². The van der Waals surface area contributed by atoms with Gasteiger partial charge in [-0.05, 0) is 51.6 Å². The number of likely N-dealkylation sites (tertiary alicyclic amines) is 1. The molecule has 158 valence electrons. The zero-order valence-electron chi connectivity index (χ0n) is 16.8. The highest BCUT2D eigenvalue weighted by Crippen LogP contribution is 2.26. The highest BCUT2D eigenvalue weighted by atomic mass is 35.5. The molecular formula is C20H38ClN3O3. The fraction of sp³-hybridized carbons (Fsp3) is 0.900. The quantitative estimate of drug-likeness (QED) is 0.579. The van der Waals surface area contributed by atoms with Crippen molar-refractivity contribution in [2.75, 3.05) is 39.8 Å². The molecule has 2 rings (SSSR count). The molecule has 1 unspecified atom stereocenters. The summed E-state index contributed by atoms with van der Waals surface area (Å²) in [6.07, 6.45) is 12.2. The number of carbonyl (C=O) groups is 2. The summed E-state index contributed by atoms with van der Waals surface area (Å²) in [5.74, 6) is 0.234. The number of amides is 1. The lowest BCUT2D eigenvalue weighted by atomic mass is 9.86. The van der Waals surface area contributed by atoms with Crippen LogP contribution in [0, 0.1) is 5.92 Å². The lowest BCUT2D eigenvalue weighted by molar-refractivity contribution is -0.138. The molecule has 6 nitrogen and oxygen atoms in total. The molecule has 0 bridgehead atoms. The Morgan fingerprint density at radius 3 is 2.52 bits per heavy atom. The van der Waals surface area contributed by atoms with Crippen LogP contribution in [0.3, 0.4) is 0 Å². The second kappa shape index (κ2) is 13.3. The van der Waals surface area contributed by atoms with Gasteiger partial charge in [-0.25, -0.2) is 0 Å². The Labute approximate surface area is 170 Å². The third-order valence-electron chi connectivity index (χ3n) is 6.00. The molecule has 0 spiro atoms. The first kappa shape index (κ1) is 24.2. The van der Waals surface area contributed by atoms with Gasteiger partial charge < -0.3 is 10.4 Å². The van der Waals surface area contributed by atoms with Gasteiger partial charge in [0.15, 0.2) is 0 Å². The summed E-state index contributed by atoms with van der Waals surface area (Å²) in [4.78, 5) is 27.2. The Kier molecular flexibility index (Phi) is 12.0. The Morgan fingerprint density at radius 2 is 1.81 bits per heavy atom. The minimum atomic E-state index is -0.777. The predicted molar refractivity (Wildman–Crippen MR) is 110 cm³/mol. The zero-order valence-corrected chi connectivity index (χ0v) is 17.6. The molecule has 0 radical (unpaired) electrons. The molecule has 2 N–H and O–H groups in total. The standard InChI is InChI=1S/C20H37N3O3.ClH/c1-22(16-20(25)26)18-10-6-13-23(14-11-18)15-19(24)21-12-5-9-17-7-3-2-4-8-17;/h17-18H,2-16H2,1H3,(H,21,24)(H,25,26);1H. The van der Waals surface area contributed by atoms with Gasteiger partial charge >= 0.3 is 5.97 Å². The van der Waals surface area contributed by atoms with Crippen LogP contribution in [0.25, 0.3) is 0 Å². The van der Waals surface area contributed by atoms with Gasteiger partial charge in [0.2, 0.25) is 5.91 Å². The zero-order chi connectivity index (χ0) is 18.8. The first-order valence-electron chi connectivity index (χ1n) is 10.5.